The molecule has 6 rings (SSSR count). The van der Waals surface area contributed by atoms with Crippen molar-refractivity contribution in [3.63, 3.8) is 0 Å². The average Bonchev–Trinajstić information content (AvgIpc) is 3.35. The van der Waals surface area contributed by atoms with E-state index in [9.17, 15) is 27.6 Å². The summed E-state index contributed by atoms with van der Waals surface area (Å²) in [7, 11) is 0. The number of nitrogens with zero attached hydrogens (tertiary/aromatic N) is 2. The maximum absolute atomic E-state index is 13.9. The van der Waals surface area contributed by atoms with E-state index in [4.69, 9.17) is 4.74 Å². The van der Waals surface area contributed by atoms with Gasteiger partial charge in [0.15, 0.2) is 5.78 Å². The zero-order chi connectivity index (χ0) is 30.8. The van der Waals surface area contributed by atoms with E-state index in [0.717, 1.165) is 17.2 Å². The van der Waals surface area contributed by atoms with Crippen LogP contribution in [0.25, 0.3) is 22.0 Å². The highest BCUT2D eigenvalue weighted by molar-refractivity contribution is 6.16. The summed E-state index contributed by atoms with van der Waals surface area (Å²) in [6.45, 7) is 0.414. The number of carbonyl (C=O) groups is 3. The van der Waals surface area contributed by atoms with Gasteiger partial charge >= 0.3 is 6.18 Å². The molecule has 0 N–H and O–H groups in total. The van der Waals surface area contributed by atoms with Crippen LogP contribution in [0, 0.1) is 0 Å². The number of carbonyl (C=O) groups excluding carboxylic acids is 3. The third kappa shape index (κ3) is 5.81. The molecule has 0 unspecified atom stereocenters. The van der Waals surface area contributed by atoms with Crippen LogP contribution in [0.4, 0.5) is 13.2 Å². The minimum Gasteiger partial charge on any atom is -0.489 e. The summed E-state index contributed by atoms with van der Waals surface area (Å²) in [4.78, 5) is 42.8. The van der Waals surface area contributed by atoms with E-state index in [1.165, 1.54) is 23.2 Å². The maximum atomic E-state index is 13.9. The van der Waals surface area contributed by atoms with Gasteiger partial charge in [-0.15, -0.1) is 0 Å². The van der Waals surface area contributed by atoms with Gasteiger partial charge in [-0.25, -0.2) is 0 Å². The maximum Gasteiger partial charge on any atom is 0.418 e. The lowest BCUT2D eigenvalue weighted by Crippen LogP contribution is -2.28. The Balaban J connectivity index is 1.31. The van der Waals surface area contributed by atoms with Crippen LogP contribution in [0.15, 0.2) is 103 Å². The average molecular weight is 595 g/mol. The van der Waals surface area contributed by atoms with Crippen LogP contribution in [0.2, 0.25) is 0 Å². The summed E-state index contributed by atoms with van der Waals surface area (Å²) in [5.41, 5.74) is 1.91. The lowest BCUT2D eigenvalue weighted by Gasteiger charge is -2.16. The van der Waals surface area contributed by atoms with Crippen LogP contribution >= 0.6 is 0 Å². The van der Waals surface area contributed by atoms with Gasteiger partial charge in [0.2, 0.25) is 11.8 Å². The van der Waals surface area contributed by atoms with Crippen molar-refractivity contribution in [1.82, 2.24) is 9.88 Å². The fourth-order valence-electron chi connectivity index (χ4n) is 5.31. The van der Waals surface area contributed by atoms with E-state index >= 15 is 0 Å². The minimum atomic E-state index is -4.63. The summed E-state index contributed by atoms with van der Waals surface area (Å²) in [6, 6.07) is 26.5. The molecular formula is C35H25F3N2O4. The summed E-state index contributed by atoms with van der Waals surface area (Å²) < 4.78 is 47.7. The smallest absolute Gasteiger partial charge is 0.418 e. The van der Waals surface area contributed by atoms with Crippen molar-refractivity contribution in [2.24, 2.45) is 0 Å². The predicted molar refractivity (Wildman–Crippen MR) is 158 cm³/mol. The van der Waals surface area contributed by atoms with Gasteiger partial charge in [-0.2, -0.15) is 13.2 Å². The van der Waals surface area contributed by atoms with E-state index < -0.39 is 11.7 Å². The number of halogens is 3. The highest BCUT2D eigenvalue weighted by atomic mass is 19.4. The molecular weight excluding hydrogens is 569 g/mol. The van der Waals surface area contributed by atoms with Gasteiger partial charge < -0.3 is 4.74 Å². The third-order valence-electron chi connectivity index (χ3n) is 7.53. The molecule has 1 saturated heterocycles. The highest BCUT2D eigenvalue weighted by Gasteiger charge is 2.34. The number of para-hydroxylation sites is 1. The Morgan fingerprint density at radius 3 is 2.20 bits per heavy atom. The zero-order valence-corrected chi connectivity index (χ0v) is 23.3. The van der Waals surface area contributed by atoms with Gasteiger partial charge in [0, 0.05) is 41.1 Å². The number of rotatable bonds is 8. The molecule has 220 valence electrons. The van der Waals surface area contributed by atoms with Crippen LogP contribution in [0.3, 0.4) is 0 Å². The predicted octanol–water partition coefficient (Wildman–Crippen LogP) is 7.38. The SMILES string of the molecule is O=C(c1ccccc1)c1cnc2c(C(F)(F)F)cccc2c1-c1cccc(OCc2ccc(CN3C(=O)CCC3=O)cc2)c1. The lowest BCUT2D eigenvalue weighted by molar-refractivity contribution is -0.139. The molecule has 6 nitrogen and oxygen atoms in total. The molecule has 0 aliphatic carbocycles. The number of hydrogen-bond acceptors (Lipinski definition) is 5. The number of pyridine rings is 1. The molecule has 1 fully saturated rings. The molecule has 2 amide bonds. The van der Waals surface area contributed by atoms with Crippen molar-refractivity contribution in [3.8, 4) is 16.9 Å². The Morgan fingerprint density at radius 1 is 0.818 bits per heavy atom. The fraction of sp³-hybridized carbons (Fsp3) is 0.143. The molecule has 44 heavy (non-hydrogen) atoms. The number of alkyl halides is 3. The standard InChI is InChI=1S/C35H25F3N2O4/c36-35(37,38)29-11-5-10-27-32(28(19-39-33(27)29)34(43)24-6-2-1-3-7-24)25-8-4-9-26(18-25)44-21-23-14-12-22(13-15-23)20-40-30(41)16-17-31(40)42/h1-15,18-19H,16-17,20-21H2. The Bertz CT molecular complexity index is 1870. The monoisotopic (exact) mass is 594 g/mol. The molecule has 0 radical (unpaired) electrons. The van der Waals surface area contributed by atoms with Crippen molar-refractivity contribution >= 4 is 28.5 Å². The Labute approximate surface area is 250 Å². The Kier molecular flexibility index (Phi) is 7.69. The number of aromatic nitrogens is 1. The van der Waals surface area contributed by atoms with E-state index in [1.54, 1.807) is 54.6 Å². The number of ketones is 1. The molecule has 2 heterocycles. The molecule has 0 spiro atoms. The zero-order valence-electron chi connectivity index (χ0n) is 23.3. The number of benzene rings is 4. The minimum absolute atomic E-state index is 0.172. The van der Waals surface area contributed by atoms with Crippen molar-refractivity contribution in [2.75, 3.05) is 0 Å². The first-order valence-corrected chi connectivity index (χ1v) is 13.9. The van der Waals surface area contributed by atoms with E-state index in [0.29, 0.717) is 22.4 Å². The molecule has 0 bridgehead atoms. The molecule has 0 saturated carbocycles. The topological polar surface area (TPSA) is 76.6 Å². The first kappa shape index (κ1) is 28.8. The first-order chi connectivity index (χ1) is 21.2. The second-order valence-electron chi connectivity index (χ2n) is 10.4. The van der Waals surface area contributed by atoms with Crippen molar-refractivity contribution in [3.05, 3.63) is 131 Å². The molecule has 0 atom stereocenters. The normalized spacial score (nSPS) is 13.5. The fourth-order valence-corrected chi connectivity index (χ4v) is 5.31. The largest absolute Gasteiger partial charge is 0.489 e. The third-order valence-corrected chi connectivity index (χ3v) is 7.53. The number of fused-ring (bicyclic) bond motifs is 1. The number of likely N-dealkylation sites (tertiary alicyclic amines) is 1. The van der Waals surface area contributed by atoms with Gasteiger partial charge in [0.05, 0.1) is 17.6 Å². The van der Waals surface area contributed by atoms with Gasteiger partial charge in [0.1, 0.15) is 12.4 Å². The summed E-state index contributed by atoms with van der Waals surface area (Å²) in [5, 5.41) is 0.198. The highest BCUT2D eigenvalue weighted by Crippen LogP contribution is 2.39. The summed E-state index contributed by atoms with van der Waals surface area (Å²) in [5.74, 6) is -0.258. The van der Waals surface area contributed by atoms with E-state index in [1.807, 2.05) is 24.3 Å². The molecule has 1 aliphatic rings. The van der Waals surface area contributed by atoms with Crippen LogP contribution in [0.1, 0.15) is 45.5 Å². The van der Waals surface area contributed by atoms with Crippen molar-refractivity contribution < 1.29 is 32.3 Å². The molecule has 4 aromatic carbocycles. The first-order valence-electron chi connectivity index (χ1n) is 13.9. The number of imide groups is 1. The van der Waals surface area contributed by atoms with Crippen LogP contribution in [-0.2, 0) is 28.9 Å². The van der Waals surface area contributed by atoms with Crippen LogP contribution in [-0.4, -0.2) is 27.5 Å². The molecule has 5 aromatic rings. The van der Waals surface area contributed by atoms with Gasteiger partial charge in [-0.3, -0.25) is 24.3 Å². The van der Waals surface area contributed by atoms with Gasteiger partial charge in [0.25, 0.3) is 0 Å². The second-order valence-corrected chi connectivity index (χ2v) is 10.4. The van der Waals surface area contributed by atoms with Crippen LogP contribution in [0.5, 0.6) is 5.75 Å². The quantitative estimate of drug-likeness (QED) is 0.138. The lowest BCUT2D eigenvalue weighted by atomic mass is 9.91. The van der Waals surface area contributed by atoms with Crippen LogP contribution < -0.4 is 4.74 Å². The molecule has 1 aliphatic heterocycles. The number of amides is 2. The van der Waals surface area contributed by atoms with Gasteiger partial charge in [-0.1, -0.05) is 78.9 Å². The second kappa shape index (κ2) is 11.8. The number of ether oxygens (including phenoxy) is 1. The number of hydrogen-bond donors (Lipinski definition) is 0. The molecule has 1 aromatic heterocycles. The van der Waals surface area contributed by atoms with Crippen molar-refractivity contribution in [1.29, 1.82) is 0 Å². The van der Waals surface area contributed by atoms with E-state index in [-0.39, 0.29) is 60.1 Å². The Morgan fingerprint density at radius 2 is 1.50 bits per heavy atom. The van der Waals surface area contributed by atoms with E-state index in [2.05, 4.69) is 4.98 Å². The summed E-state index contributed by atoms with van der Waals surface area (Å²) in [6.07, 6.45) is -2.94. The summed E-state index contributed by atoms with van der Waals surface area (Å²) >= 11 is 0. The Hall–Kier alpha value is -5.31. The van der Waals surface area contributed by atoms with Crippen molar-refractivity contribution in [2.45, 2.75) is 32.2 Å². The van der Waals surface area contributed by atoms with Gasteiger partial charge in [-0.05, 0) is 34.9 Å². The molecule has 9 heteroatoms.